The molecule has 0 nitrogen and oxygen atoms in total. The fourth-order valence-electron chi connectivity index (χ4n) is 0. The summed E-state index contributed by atoms with van der Waals surface area (Å²) in [5, 5.41) is 0. The Morgan fingerprint density at radius 1 is 0.667 bits per heavy atom. The van der Waals surface area contributed by atoms with Crippen molar-refractivity contribution in [3.05, 3.63) is 0 Å². The van der Waals surface area contributed by atoms with E-state index in [9.17, 15) is 0 Å². The van der Waals surface area contributed by atoms with Crippen LogP contribution in [0.3, 0.4) is 0 Å². The fraction of sp³-hybridized carbons (Fsp3) is 0. The first-order valence-electron chi connectivity index (χ1n) is 0.845. The molecule has 0 spiro atoms. The zero-order valence-corrected chi connectivity index (χ0v) is 14.5. The maximum absolute atomic E-state index is 2.54. The summed E-state index contributed by atoms with van der Waals surface area (Å²) in [6.45, 7) is 0. The van der Waals surface area contributed by atoms with E-state index in [1.807, 2.05) is 0 Å². The molecule has 0 saturated carbocycles. The van der Waals surface area contributed by atoms with E-state index in [1.54, 1.807) is 0 Å². The minimum atomic E-state index is -1.64. The van der Waals surface area contributed by atoms with E-state index < -0.39 is -4.17 Å². The van der Waals surface area contributed by atoms with Crippen molar-refractivity contribution in [2.45, 2.75) is 0 Å². The van der Waals surface area contributed by atoms with Gasteiger partial charge in [0.1, 0.15) is 0 Å². The van der Waals surface area contributed by atoms with Gasteiger partial charge < -0.3 is 0 Å². The molecule has 6 heteroatoms. The van der Waals surface area contributed by atoms with Crippen molar-refractivity contribution >= 4 is 99.9 Å². The summed E-state index contributed by atoms with van der Waals surface area (Å²) in [5.74, 6) is 0. The first kappa shape index (κ1) is 10.2. The molecule has 0 aromatic heterocycles. The Kier molecular flexibility index (Phi) is 5.27. The number of halogens is 5. The van der Waals surface area contributed by atoms with E-state index in [0.717, 1.165) is 0 Å². The zero-order valence-electron chi connectivity index (χ0n) is 2.34. The molecular weight excluding hydrogens is 685 g/mol. The molecule has 40 valence electrons. The van der Waals surface area contributed by atoms with Gasteiger partial charge in [-0.25, -0.2) is 0 Å². The molecule has 0 saturated heterocycles. The van der Waals surface area contributed by atoms with Crippen LogP contribution in [-0.2, 0) is -4.17 Å². The van der Waals surface area contributed by atoms with Crippen LogP contribution in [-0.4, -0.2) is 0 Å². The first-order valence-corrected chi connectivity index (χ1v) is 23.4. The second-order valence-electron chi connectivity index (χ2n) is 0.639. The summed E-state index contributed by atoms with van der Waals surface area (Å²) < 4.78 is -1.64. The Hall–Kier alpha value is 4.23. The van der Waals surface area contributed by atoms with Gasteiger partial charge in [0.25, 0.3) is 0 Å². The van der Waals surface area contributed by atoms with Crippen LogP contribution in [0.1, 0.15) is 0 Å². The van der Waals surface area contributed by atoms with Crippen molar-refractivity contribution in [1.29, 1.82) is 0 Å². The molecule has 0 rings (SSSR count). The van der Waals surface area contributed by atoms with Crippen LogP contribution < -0.4 is 0 Å². The van der Waals surface area contributed by atoms with Crippen LogP contribution in [0.5, 0.6) is 0 Å². The predicted octanol–water partition coefficient (Wildman–Crippen LogP) is 4.43. The monoisotopic (exact) mass is 685 g/mol. The topological polar surface area (TPSA) is 0 Å². The van der Waals surface area contributed by atoms with Crippen molar-refractivity contribution in [2.24, 2.45) is 0 Å². The van der Waals surface area contributed by atoms with E-state index in [-0.39, 0.29) is 0 Å². The third kappa shape index (κ3) is 24.0. The van der Waals surface area contributed by atoms with Gasteiger partial charge in [-0.1, -0.05) is 0 Å². The molecular formula is I5V. The van der Waals surface area contributed by atoms with Gasteiger partial charge >= 0.3 is 95.7 Å². The predicted molar refractivity (Wildman–Crippen MR) is 70.1 cm³/mol. The second-order valence-corrected chi connectivity index (χ2v) is 119. The maximum atomic E-state index is 2.54. The summed E-state index contributed by atoms with van der Waals surface area (Å²) in [6.07, 6.45) is 0. The van der Waals surface area contributed by atoms with Crippen molar-refractivity contribution in [1.82, 2.24) is 0 Å². The van der Waals surface area contributed by atoms with Gasteiger partial charge in [-0.2, -0.15) is 0 Å². The van der Waals surface area contributed by atoms with Gasteiger partial charge in [-0.3, -0.25) is 0 Å². The van der Waals surface area contributed by atoms with E-state index in [0.29, 0.717) is 0 Å². The van der Waals surface area contributed by atoms with E-state index in [4.69, 9.17) is 0 Å². The average Bonchev–Trinajstić information content (AvgIpc) is 0.650. The third-order valence-electron chi connectivity index (χ3n) is 0. The Bertz CT molecular complexity index is 37.1. The van der Waals surface area contributed by atoms with Gasteiger partial charge in [0.05, 0.1) is 0 Å². The summed E-state index contributed by atoms with van der Waals surface area (Å²) in [6, 6.07) is 0. The summed E-state index contributed by atoms with van der Waals surface area (Å²) >= 11 is 12.7. The molecule has 0 aliphatic carbocycles. The Labute approximate surface area is 92.4 Å². The van der Waals surface area contributed by atoms with Crippen LogP contribution in [0.15, 0.2) is 0 Å². The molecule has 0 amide bonds. The van der Waals surface area contributed by atoms with Crippen molar-refractivity contribution in [2.75, 3.05) is 0 Å². The van der Waals surface area contributed by atoms with Crippen LogP contribution in [0, 0.1) is 0 Å². The van der Waals surface area contributed by atoms with Crippen LogP contribution in [0.25, 0.3) is 0 Å². The van der Waals surface area contributed by atoms with E-state index >= 15 is 0 Å². The Morgan fingerprint density at radius 3 is 0.667 bits per heavy atom. The second kappa shape index (κ2) is 3.09. The van der Waals surface area contributed by atoms with Crippen molar-refractivity contribution in [3.8, 4) is 0 Å². The zero-order chi connectivity index (χ0) is 5.45. The third-order valence-corrected chi connectivity index (χ3v) is 0. The minimum absolute atomic E-state index is 1.64. The summed E-state index contributed by atoms with van der Waals surface area (Å²) in [7, 11) is 0. The quantitative estimate of drug-likeness (QED) is 0.332. The van der Waals surface area contributed by atoms with Crippen molar-refractivity contribution < 1.29 is -4.17 Å². The molecule has 0 radical (unpaired) electrons. The molecule has 0 unspecified atom stereocenters. The number of rotatable bonds is 0. The normalized spacial score (nSPS) is 19.2. The van der Waals surface area contributed by atoms with Gasteiger partial charge in [-0.05, 0) is 0 Å². The first-order chi connectivity index (χ1) is 2.24. The Morgan fingerprint density at radius 2 is 0.667 bits per heavy atom. The van der Waals surface area contributed by atoms with Gasteiger partial charge in [0, 0.05) is 0 Å². The number of hydrogen-bond acceptors (Lipinski definition) is 0. The molecule has 0 aliphatic rings. The summed E-state index contributed by atoms with van der Waals surface area (Å²) in [4.78, 5) is 0. The Balaban J connectivity index is 3.73. The molecule has 0 aliphatic heterocycles. The SMILES string of the molecule is [I][V]([I])([I])([I])[I]. The van der Waals surface area contributed by atoms with Crippen LogP contribution >= 0.6 is 99.9 Å². The fourth-order valence-corrected chi connectivity index (χ4v) is 0. The molecule has 0 fully saturated rings. The molecule has 0 aromatic rings. The molecule has 0 N–H and O–H groups in total. The molecule has 6 heavy (non-hydrogen) atoms. The van der Waals surface area contributed by atoms with Gasteiger partial charge in [0.15, 0.2) is 0 Å². The van der Waals surface area contributed by atoms with Crippen molar-refractivity contribution in [3.63, 3.8) is 0 Å². The van der Waals surface area contributed by atoms with Crippen LogP contribution in [0.4, 0.5) is 0 Å². The molecule has 0 atom stereocenters. The standard InChI is InChI=1S/5HI.V/h5*1H;/q;;;;;+5/p-5. The molecule has 0 aromatic carbocycles. The van der Waals surface area contributed by atoms with E-state index in [2.05, 4.69) is 99.9 Å². The summed E-state index contributed by atoms with van der Waals surface area (Å²) in [5.41, 5.74) is 0. The van der Waals surface area contributed by atoms with Gasteiger partial charge in [-0.15, -0.1) is 0 Å². The number of hydrogen-bond donors (Lipinski definition) is 0. The molecule has 0 heterocycles. The van der Waals surface area contributed by atoms with Gasteiger partial charge in [0.2, 0.25) is 0 Å². The van der Waals surface area contributed by atoms with E-state index in [1.165, 1.54) is 0 Å². The average molecular weight is 685 g/mol. The molecule has 0 bridgehead atoms. The van der Waals surface area contributed by atoms with Crippen LogP contribution in [0.2, 0.25) is 0 Å².